The van der Waals surface area contributed by atoms with Gasteiger partial charge in [0.1, 0.15) is 0 Å². The van der Waals surface area contributed by atoms with Crippen LogP contribution < -0.4 is 10.6 Å². The topological polar surface area (TPSA) is 44.4 Å². The molecule has 0 aliphatic heterocycles. The van der Waals surface area contributed by atoms with Gasteiger partial charge in [-0.1, -0.05) is 33.6 Å². The first kappa shape index (κ1) is 18.4. The molecule has 1 fully saturated rings. The molecule has 4 nitrogen and oxygen atoms in total. The first-order valence-electron chi connectivity index (χ1n) is 8.61. The molecule has 0 aromatic rings. The lowest BCUT2D eigenvalue weighted by Gasteiger charge is -2.45. The van der Waals surface area contributed by atoms with Gasteiger partial charge in [0.15, 0.2) is 0 Å². The van der Waals surface area contributed by atoms with E-state index in [0.29, 0.717) is 12.6 Å². The van der Waals surface area contributed by atoms with Crippen LogP contribution in [0.1, 0.15) is 59.3 Å². The molecule has 0 spiro atoms. The summed E-state index contributed by atoms with van der Waals surface area (Å²) in [5.41, 5.74) is 0.215. The van der Waals surface area contributed by atoms with Gasteiger partial charge in [0.25, 0.3) is 0 Å². The second-order valence-corrected chi connectivity index (χ2v) is 7.00. The van der Waals surface area contributed by atoms with Crippen LogP contribution in [0.3, 0.4) is 0 Å². The van der Waals surface area contributed by atoms with Crippen molar-refractivity contribution in [3.8, 4) is 0 Å². The van der Waals surface area contributed by atoms with Crippen LogP contribution in [-0.4, -0.2) is 49.6 Å². The van der Waals surface area contributed by atoms with Crippen molar-refractivity contribution in [2.45, 2.75) is 70.9 Å². The lowest BCUT2D eigenvalue weighted by molar-refractivity contribution is -0.121. The van der Waals surface area contributed by atoms with Crippen molar-refractivity contribution in [2.24, 2.45) is 5.92 Å². The SMILES string of the molecule is CCC(CC)NC(=O)CNCC1(N(C)C)CCCC(C)C1. The smallest absolute Gasteiger partial charge is 0.234 e. The molecule has 1 amide bonds. The maximum Gasteiger partial charge on any atom is 0.234 e. The fourth-order valence-electron chi connectivity index (χ4n) is 3.54. The zero-order chi connectivity index (χ0) is 15.9. The quantitative estimate of drug-likeness (QED) is 0.723. The summed E-state index contributed by atoms with van der Waals surface area (Å²) in [5.74, 6) is 0.905. The van der Waals surface area contributed by atoms with E-state index in [0.717, 1.165) is 25.3 Å². The number of rotatable bonds is 8. The normalized spacial score (nSPS) is 26.3. The predicted octanol–water partition coefficient (Wildman–Crippen LogP) is 2.39. The van der Waals surface area contributed by atoms with E-state index in [1.165, 1.54) is 25.7 Å². The minimum atomic E-state index is 0.126. The number of nitrogens with one attached hydrogen (secondary N) is 2. The Labute approximate surface area is 131 Å². The molecule has 1 rings (SSSR count). The molecular weight excluding hydrogens is 262 g/mol. The molecule has 1 aliphatic rings. The molecule has 0 saturated heterocycles. The van der Waals surface area contributed by atoms with Gasteiger partial charge in [-0.25, -0.2) is 0 Å². The molecule has 1 saturated carbocycles. The first-order valence-corrected chi connectivity index (χ1v) is 8.61. The number of nitrogens with zero attached hydrogens (tertiary/aromatic N) is 1. The van der Waals surface area contributed by atoms with E-state index < -0.39 is 0 Å². The highest BCUT2D eigenvalue weighted by molar-refractivity contribution is 5.78. The number of hydrogen-bond acceptors (Lipinski definition) is 3. The van der Waals surface area contributed by atoms with E-state index in [1.54, 1.807) is 0 Å². The average Bonchev–Trinajstić information content (AvgIpc) is 2.44. The van der Waals surface area contributed by atoms with Gasteiger partial charge in [-0.2, -0.15) is 0 Å². The number of likely N-dealkylation sites (N-methyl/N-ethyl adjacent to an activating group) is 1. The van der Waals surface area contributed by atoms with Crippen molar-refractivity contribution < 1.29 is 4.79 Å². The fourth-order valence-corrected chi connectivity index (χ4v) is 3.54. The lowest BCUT2D eigenvalue weighted by Crippen LogP contribution is -2.55. The van der Waals surface area contributed by atoms with E-state index >= 15 is 0 Å². The second-order valence-electron chi connectivity index (χ2n) is 7.00. The third kappa shape index (κ3) is 5.59. The van der Waals surface area contributed by atoms with Gasteiger partial charge in [-0.05, 0) is 45.7 Å². The molecule has 0 aromatic heterocycles. The molecule has 4 heteroatoms. The Bertz CT molecular complexity index is 315. The largest absolute Gasteiger partial charge is 0.352 e. The Hall–Kier alpha value is -0.610. The summed E-state index contributed by atoms with van der Waals surface area (Å²) in [6.45, 7) is 7.91. The number of amides is 1. The molecule has 21 heavy (non-hydrogen) atoms. The molecule has 0 heterocycles. The number of carbonyl (C=O) groups is 1. The van der Waals surface area contributed by atoms with Gasteiger partial charge >= 0.3 is 0 Å². The van der Waals surface area contributed by atoms with Crippen LogP contribution in [0, 0.1) is 5.92 Å². The molecule has 0 bridgehead atoms. The molecule has 0 radical (unpaired) electrons. The highest BCUT2D eigenvalue weighted by Gasteiger charge is 2.36. The highest BCUT2D eigenvalue weighted by Crippen LogP contribution is 2.35. The van der Waals surface area contributed by atoms with E-state index in [4.69, 9.17) is 0 Å². The van der Waals surface area contributed by atoms with Gasteiger partial charge < -0.3 is 15.5 Å². The zero-order valence-corrected chi connectivity index (χ0v) is 14.7. The third-order valence-corrected chi connectivity index (χ3v) is 5.11. The molecule has 2 atom stereocenters. The molecule has 0 aromatic carbocycles. The summed E-state index contributed by atoms with van der Waals surface area (Å²) in [7, 11) is 4.34. The van der Waals surface area contributed by atoms with Crippen LogP contribution in [0.5, 0.6) is 0 Å². The Balaban J connectivity index is 2.42. The van der Waals surface area contributed by atoms with Crippen molar-refractivity contribution in [1.82, 2.24) is 15.5 Å². The van der Waals surface area contributed by atoms with Gasteiger partial charge in [0.2, 0.25) is 5.91 Å². The Morgan fingerprint density at radius 2 is 2.00 bits per heavy atom. The van der Waals surface area contributed by atoms with E-state index in [2.05, 4.69) is 50.4 Å². The minimum Gasteiger partial charge on any atom is -0.352 e. The van der Waals surface area contributed by atoms with Gasteiger partial charge in [0.05, 0.1) is 6.54 Å². The van der Waals surface area contributed by atoms with Gasteiger partial charge in [-0.3, -0.25) is 4.79 Å². The van der Waals surface area contributed by atoms with Crippen molar-refractivity contribution in [1.29, 1.82) is 0 Å². The summed E-state index contributed by atoms with van der Waals surface area (Å²) in [6.07, 6.45) is 7.08. The van der Waals surface area contributed by atoms with Crippen LogP contribution in [0.25, 0.3) is 0 Å². The van der Waals surface area contributed by atoms with Crippen LogP contribution in [0.2, 0.25) is 0 Å². The zero-order valence-electron chi connectivity index (χ0n) is 14.7. The lowest BCUT2D eigenvalue weighted by atomic mass is 9.75. The number of carbonyl (C=O) groups excluding carboxylic acids is 1. The monoisotopic (exact) mass is 297 g/mol. The van der Waals surface area contributed by atoms with Crippen LogP contribution >= 0.6 is 0 Å². The van der Waals surface area contributed by atoms with Crippen LogP contribution in [0.4, 0.5) is 0 Å². The van der Waals surface area contributed by atoms with E-state index in [9.17, 15) is 4.79 Å². The summed E-state index contributed by atoms with van der Waals surface area (Å²) in [4.78, 5) is 14.3. The van der Waals surface area contributed by atoms with Gasteiger partial charge in [0, 0.05) is 18.1 Å². The highest BCUT2D eigenvalue weighted by atomic mass is 16.1. The fraction of sp³-hybridized carbons (Fsp3) is 0.941. The number of hydrogen-bond donors (Lipinski definition) is 2. The molecule has 2 N–H and O–H groups in total. The maximum absolute atomic E-state index is 12.0. The standard InChI is InChI=1S/C17H35N3O/c1-6-15(7-2)19-16(21)12-18-13-17(20(4)5)10-8-9-14(3)11-17/h14-15,18H,6-13H2,1-5H3,(H,19,21). The van der Waals surface area contributed by atoms with Crippen LogP contribution in [-0.2, 0) is 4.79 Å². The van der Waals surface area contributed by atoms with Gasteiger partial charge in [-0.15, -0.1) is 0 Å². The van der Waals surface area contributed by atoms with Crippen molar-refractivity contribution in [2.75, 3.05) is 27.2 Å². The summed E-state index contributed by atoms with van der Waals surface area (Å²) >= 11 is 0. The molecule has 124 valence electrons. The molecule has 1 aliphatic carbocycles. The summed E-state index contributed by atoms with van der Waals surface area (Å²) in [5, 5.41) is 6.49. The summed E-state index contributed by atoms with van der Waals surface area (Å²) < 4.78 is 0. The Morgan fingerprint density at radius 3 is 2.52 bits per heavy atom. The second kappa shape index (κ2) is 8.74. The van der Waals surface area contributed by atoms with Crippen molar-refractivity contribution in [3.63, 3.8) is 0 Å². The van der Waals surface area contributed by atoms with E-state index in [1.807, 2.05) is 0 Å². The molecular formula is C17H35N3O. The van der Waals surface area contributed by atoms with Crippen molar-refractivity contribution in [3.05, 3.63) is 0 Å². The van der Waals surface area contributed by atoms with Crippen molar-refractivity contribution >= 4 is 5.91 Å². The maximum atomic E-state index is 12.0. The average molecular weight is 297 g/mol. The van der Waals surface area contributed by atoms with Crippen LogP contribution in [0.15, 0.2) is 0 Å². The van der Waals surface area contributed by atoms with E-state index in [-0.39, 0.29) is 11.4 Å². The molecule has 2 unspecified atom stereocenters. The summed E-state index contributed by atoms with van der Waals surface area (Å²) in [6, 6.07) is 0.316. The Morgan fingerprint density at radius 1 is 1.33 bits per heavy atom. The third-order valence-electron chi connectivity index (χ3n) is 5.11. The minimum absolute atomic E-state index is 0.126. The predicted molar refractivity (Wildman–Crippen MR) is 89.4 cm³/mol. The first-order chi connectivity index (χ1) is 9.93. The Kier molecular flexibility index (Phi) is 7.67.